The van der Waals surface area contributed by atoms with Gasteiger partial charge in [-0.3, -0.25) is 4.79 Å². The molecule has 0 spiro atoms. The zero-order chi connectivity index (χ0) is 21.2. The van der Waals surface area contributed by atoms with Crippen molar-refractivity contribution in [1.29, 1.82) is 0 Å². The fourth-order valence-corrected chi connectivity index (χ4v) is 3.53. The molecule has 2 aromatic rings. The summed E-state index contributed by atoms with van der Waals surface area (Å²) in [4.78, 5) is 22.5. The number of carbonyl (C=O) groups excluding carboxylic acids is 1. The van der Waals surface area contributed by atoms with Gasteiger partial charge in [0.1, 0.15) is 11.0 Å². The first-order chi connectivity index (χ1) is 13.7. The summed E-state index contributed by atoms with van der Waals surface area (Å²) >= 11 is 6.13. The minimum Gasteiger partial charge on any atom is -0.481 e. The molecule has 0 radical (unpaired) electrons. The minimum atomic E-state index is -4.43. The second kappa shape index (κ2) is 8.44. The van der Waals surface area contributed by atoms with E-state index in [1.807, 2.05) is 6.92 Å². The number of anilines is 1. The molecule has 2 aromatic heterocycles. The molecule has 156 valence electrons. The van der Waals surface area contributed by atoms with Crippen molar-refractivity contribution in [1.82, 2.24) is 14.9 Å². The van der Waals surface area contributed by atoms with Crippen molar-refractivity contribution in [3.8, 4) is 5.88 Å². The van der Waals surface area contributed by atoms with E-state index in [0.29, 0.717) is 18.2 Å². The van der Waals surface area contributed by atoms with Crippen molar-refractivity contribution in [2.24, 2.45) is 0 Å². The molecule has 2 unspecified atom stereocenters. The number of piperidine rings is 1. The Balaban J connectivity index is 1.73. The average Bonchev–Trinajstić information content (AvgIpc) is 2.68. The van der Waals surface area contributed by atoms with Gasteiger partial charge in [-0.15, -0.1) is 0 Å². The van der Waals surface area contributed by atoms with E-state index in [-0.39, 0.29) is 28.7 Å². The van der Waals surface area contributed by atoms with Crippen molar-refractivity contribution < 1.29 is 22.7 Å². The molecular weight excluding hydrogens is 409 g/mol. The van der Waals surface area contributed by atoms with Crippen LogP contribution in [0.15, 0.2) is 30.5 Å². The highest BCUT2D eigenvalue weighted by Crippen LogP contribution is 2.30. The molecule has 0 bridgehead atoms. The highest BCUT2D eigenvalue weighted by Gasteiger charge is 2.34. The number of nitrogens with zero attached hydrogens (tertiary/aromatic N) is 3. The van der Waals surface area contributed by atoms with Gasteiger partial charge in [0.25, 0.3) is 5.91 Å². The van der Waals surface area contributed by atoms with Crippen LogP contribution in [0, 0.1) is 0 Å². The SMILES string of the molecule is COc1ccc(C(=O)N2CCCC(Nc3ccc(C(F)(F)F)cn3)C2C)c(Cl)n1. The van der Waals surface area contributed by atoms with E-state index in [4.69, 9.17) is 16.3 Å². The summed E-state index contributed by atoms with van der Waals surface area (Å²) in [7, 11) is 1.46. The lowest BCUT2D eigenvalue weighted by molar-refractivity contribution is -0.137. The predicted molar refractivity (Wildman–Crippen MR) is 102 cm³/mol. The van der Waals surface area contributed by atoms with Gasteiger partial charge >= 0.3 is 6.18 Å². The van der Waals surface area contributed by atoms with Crippen molar-refractivity contribution in [2.75, 3.05) is 19.0 Å². The fraction of sp³-hybridized carbons (Fsp3) is 0.421. The summed E-state index contributed by atoms with van der Waals surface area (Å²) in [5.74, 6) is 0.379. The van der Waals surface area contributed by atoms with Gasteiger partial charge in [-0.25, -0.2) is 9.97 Å². The second-order valence-electron chi connectivity index (χ2n) is 6.75. The normalized spacial score (nSPS) is 19.7. The Morgan fingerprint density at radius 3 is 2.66 bits per heavy atom. The Bertz CT molecular complexity index is 877. The number of hydrogen-bond donors (Lipinski definition) is 1. The maximum Gasteiger partial charge on any atom is 0.417 e. The Morgan fingerprint density at radius 1 is 1.31 bits per heavy atom. The molecular formula is C19H20ClF3N4O2. The number of likely N-dealkylation sites (tertiary alicyclic amines) is 1. The lowest BCUT2D eigenvalue weighted by Crippen LogP contribution is -2.52. The van der Waals surface area contributed by atoms with Crippen molar-refractivity contribution in [2.45, 2.75) is 38.0 Å². The molecule has 3 heterocycles. The molecule has 1 N–H and O–H groups in total. The third kappa shape index (κ3) is 4.72. The molecule has 2 atom stereocenters. The van der Waals surface area contributed by atoms with E-state index in [1.54, 1.807) is 17.0 Å². The molecule has 1 saturated heterocycles. The van der Waals surface area contributed by atoms with Crippen LogP contribution in [0.4, 0.5) is 19.0 Å². The maximum atomic E-state index is 13.0. The minimum absolute atomic E-state index is 0.0565. The summed E-state index contributed by atoms with van der Waals surface area (Å²) in [6.07, 6.45) is -2.15. The number of halogens is 4. The fourth-order valence-electron chi connectivity index (χ4n) is 3.31. The average molecular weight is 429 g/mol. The molecule has 1 amide bonds. The summed E-state index contributed by atoms with van der Waals surface area (Å²) in [6, 6.07) is 5.02. The van der Waals surface area contributed by atoms with Crippen LogP contribution in [0.1, 0.15) is 35.7 Å². The first kappa shape index (κ1) is 21.2. The summed E-state index contributed by atoms with van der Waals surface area (Å²) in [6.45, 7) is 2.42. The van der Waals surface area contributed by atoms with Crippen LogP contribution in [-0.4, -0.2) is 46.5 Å². The number of aromatic nitrogens is 2. The Morgan fingerprint density at radius 2 is 2.07 bits per heavy atom. The quantitative estimate of drug-likeness (QED) is 0.737. The topological polar surface area (TPSA) is 67.3 Å². The van der Waals surface area contributed by atoms with Gasteiger partial charge in [0, 0.05) is 30.9 Å². The number of pyridine rings is 2. The monoisotopic (exact) mass is 428 g/mol. The predicted octanol–water partition coefficient (Wildman–Crippen LogP) is 4.26. The highest BCUT2D eigenvalue weighted by atomic mass is 35.5. The molecule has 0 saturated carbocycles. The zero-order valence-corrected chi connectivity index (χ0v) is 16.6. The van der Waals surface area contributed by atoms with E-state index in [1.165, 1.54) is 13.2 Å². The Hall–Kier alpha value is -2.55. The van der Waals surface area contributed by atoms with Gasteiger partial charge in [0.2, 0.25) is 5.88 Å². The van der Waals surface area contributed by atoms with E-state index >= 15 is 0 Å². The highest BCUT2D eigenvalue weighted by molar-refractivity contribution is 6.32. The van der Waals surface area contributed by atoms with Crippen molar-refractivity contribution >= 4 is 23.3 Å². The molecule has 1 fully saturated rings. The van der Waals surface area contributed by atoms with Crippen LogP contribution in [-0.2, 0) is 6.18 Å². The maximum absolute atomic E-state index is 13.0. The summed E-state index contributed by atoms with van der Waals surface area (Å²) < 4.78 is 43.1. The van der Waals surface area contributed by atoms with Gasteiger partial charge in [0.15, 0.2) is 0 Å². The van der Waals surface area contributed by atoms with Crippen LogP contribution in [0.5, 0.6) is 5.88 Å². The van der Waals surface area contributed by atoms with Gasteiger partial charge in [-0.1, -0.05) is 11.6 Å². The van der Waals surface area contributed by atoms with Gasteiger partial charge in [0.05, 0.1) is 18.2 Å². The first-order valence-electron chi connectivity index (χ1n) is 9.02. The molecule has 0 aliphatic carbocycles. The number of methoxy groups -OCH3 is 1. The van der Waals surface area contributed by atoms with Crippen molar-refractivity contribution in [3.63, 3.8) is 0 Å². The number of rotatable bonds is 4. The van der Waals surface area contributed by atoms with Crippen LogP contribution >= 0.6 is 11.6 Å². The molecule has 6 nitrogen and oxygen atoms in total. The Labute approximate surface area is 171 Å². The van der Waals surface area contributed by atoms with Gasteiger partial charge in [-0.05, 0) is 38.0 Å². The zero-order valence-electron chi connectivity index (χ0n) is 15.8. The van der Waals surface area contributed by atoms with E-state index in [9.17, 15) is 18.0 Å². The van der Waals surface area contributed by atoms with E-state index in [2.05, 4.69) is 15.3 Å². The smallest absolute Gasteiger partial charge is 0.417 e. The van der Waals surface area contributed by atoms with Gasteiger partial charge in [-0.2, -0.15) is 13.2 Å². The lowest BCUT2D eigenvalue weighted by atomic mass is 9.96. The molecule has 1 aliphatic rings. The van der Waals surface area contributed by atoms with Crippen LogP contribution < -0.4 is 10.1 Å². The standard InChI is InChI=1S/C19H20ClF3N4O2/c1-11-14(25-15-7-5-12(10-24-15)19(21,22)23)4-3-9-27(11)18(28)13-6-8-16(29-2)26-17(13)20/h5-8,10-11,14H,3-4,9H2,1-2H3,(H,24,25). The van der Waals surface area contributed by atoms with E-state index in [0.717, 1.165) is 25.1 Å². The largest absolute Gasteiger partial charge is 0.481 e. The first-order valence-corrected chi connectivity index (χ1v) is 9.40. The number of amides is 1. The molecule has 0 aromatic carbocycles. The third-order valence-electron chi connectivity index (χ3n) is 4.94. The Kier molecular flexibility index (Phi) is 6.16. The number of hydrogen-bond acceptors (Lipinski definition) is 5. The lowest BCUT2D eigenvalue weighted by Gasteiger charge is -2.40. The number of ether oxygens (including phenoxy) is 1. The van der Waals surface area contributed by atoms with Gasteiger partial charge < -0.3 is 15.0 Å². The molecule has 3 rings (SSSR count). The van der Waals surface area contributed by atoms with Crippen LogP contribution in [0.25, 0.3) is 0 Å². The van der Waals surface area contributed by atoms with Crippen LogP contribution in [0.2, 0.25) is 5.15 Å². The number of carbonyl (C=O) groups is 1. The molecule has 29 heavy (non-hydrogen) atoms. The third-order valence-corrected chi connectivity index (χ3v) is 5.22. The molecule has 1 aliphatic heterocycles. The summed E-state index contributed by atoms with van der Waals surface area (Å²) in [5, 5.41) is 3.19. The molecule has 10 heteroatoms. The second-order valence-corrected chi connectivity index (χ2v) is 7.11. The summed E-state index contributed by atoms with van der Waals surface area (Å²) in [5.41, 5.74) is -0.536. The van der Waals surface area contributed by atoms with Crippen LogP contribution in [0.3, 0.4) is 0 Å². The number of nitrogens with one attached hydrogen (secondary N) is 1. The van der Waals surface area contributed by atoms with E-state index < -0.39 is 11.7 Å². The number of alkyl halides is 3. The van der Waals surface area contributed by atoms with Crippen molar-refractivity contribution in [3.05, 3.63) is 46.7 Å².